The van der Waals surface area contributed by atoms with Crippen molar-refractivity contribution >= 4 is 17.4 Å². The lowest BCUT2D eigenvalue weighted by molar-refractivity contribution is -0.116. The summed E-state index contributed by atoms with van der Waals surface area (Å²) < 4.78 is 5.51. The van der Waals surface area contributed by atoms with Crippen LogP contribution in [0.4, 0.5) is 11.5 Å². The number of carbonyl (C=O) groups excluding carboxylic acids is 1. The normalized spacial score (nSPS) is 11.8. The number of unbranched alkanes of at least 4 members (excludes halogenated alkanes) is 1. The monoisotopic (exact) mass is 448 g/mol. The van der Waals surface area contributed by atoms with E-state index in [1.807, 2.05) is 49.5 Å². The number of nitrogens with zero attached hydrogens (tertiary/aromatic N) is 4. The van der Waals surface area contributed by atoms with Crippen LogP contribution in [0.5, 0.6) is 5.75 Å². The number of aromatic nitrogens is 3. The van der Waals surface area contributed by atoms with Gasteiger partial charge in [0.25, 0.3) is 0 Å². The van der Waals surface area contributed by atoms with E-state index in [0.717, 1.165) is 30.4 Å². The highest BCUT2D eigenvalue weighted by Crippen LogP contribution is 2.31. The lowest BCUT2D eigenvalue weighted by Crippen LogP contribution is -2.27. The molecule has 0 spiro atoms. The zero-order valence-electron chi connectivity index (χ0n) is 19.7. The van der Waals surface area contributed by atoms with E-state index < -0.39 is 0 Å². The third-order valence-corrected chi connectivity index (χ3v) is 5.12. The number of likely N-dealkylation sites (N-methyl/N-ethyl adjacent to an activating group) is 1. The molecule has 0 aliphatic rings. The van der Waals surface area contributed by atoms with Crippen LogP contribution in [0.2, 0.25) is 0 Å². The van der Waals surface area contributed by atoms with E-state index in [0.29, 0.717) is 29.5 Å². The predicted molar refractivity (Wildman–Crippen MR) is 131 cm³/mol. The van der Waals surface area contributed by atoms with E-state index >= 15 is 0 Å². The molecule has 0 aliphatic carbocycles. The Labute approximate surface area is 195 Å². The molecule has 2 aromatic heterocycles. The van der Waals surface area contributed by atoms with Crippen LogP contribution in [-0.4, -0.2) is 53.5 Å². The number of methoxy groups -OCH3 is 1. The average molecular weight is 449 g/mol. The van der Waals surface area contributed by atoms with Crippen LogP contribution >= 0.6 is 0 Å². The Bertz CT molecular complexity index is 1040. The van der Waals surface area contributed by atoms with Crippen molar-refractivity contribution < 1.29 is 9.53 Å². The molecule has 1 amide bonds. The molecule has 0 fully saturated rings. The number of amides is 1. The Kier molecular flexibility index (Phi) is 8.71. The summed E-state index contributed by atoms with van der Waals surface area (Å²) in [6, 6.07) is 9.71. The number of pyridine rings is 1. The molecular formula is C25H32N6O2. The van der Waals surface area contributed by atoms with E-state index in [4.69, 9.17) is 9.72 Å². The number of hydrogen-bond donors (Lipinski definition) is 2. The van der Waals surface area contributed by atoms with Crippen molar-refractivity contribution in [2.75, 3.05) is 38.4 Å². The van der Waals surface area contributed by atoms with E-state index in [1.165, 1.54) is 0 Å². The molecule has 1 atom stereocenters. The third-order valence-electron chi connectivity index (χ3n) is 5.12. The molecule has 0 saturated carbocycles. The van der Waals surface area contributed by atoms with Gasteiger partial charge in [-0.25, -0.2) is 4.98 Å². The van der Waals surface area contributed by atoms with Crippen LogP contribution in [0.1, 0.15) is 37.8 Å². The molecule has 174 valence electrons. The number of rotatable bonds is 11. The Morgan fingerprint density at radius 2 is 2.00 bits per heavy atom. The van der Waals surface area contributed by atoms with Crippen molar-refractivity contribution in [3.05, 3.63) is 60.7 Å². The second kappa shape index (κ2) is 11.9. The van der Waals surface area contributed by atoms with E-state index in [1.54, 1.807) is 25.7 Å². The van der Waals surface area contributed by atoms with Crippen LogP contribution in [0.25, 0.3) is 11.3 Å². The van der Waals surface area contributed by atoms with Gasteiger partial charge in [0, 0.05) is 18.0 Å². The lowest BCUT2D eigenvalue weighted by atomic mass is 10.0. The highest BCUT2D eigenvalue weighted by atomic mass is 16.5. The van der Waals surface area contributed by atoms with Crippen molar-refractivity contribution in [1.29, 1.82) is 0 Å². The summed E-state index contributed by atoms with van der Waals surface area (Å²) in [7, 11) is 5.28. The van der Waals surface area contributed by atoms with Crippen molar-refractivity contribution in [2.24, 2.45) is 0 Å². The summed E-state index contributed by atoms with van der Waals surface area (Å²) in [5.41, 5.74) is 3.30. The number of nitrogens with one attached hydrogen (secondary N) is 2. The summed E-state index contributed by atoms with van der Waals surface area (Å²) in [5, 5.41) is 6.40. The van der Waals surface area contributed by atoms with Gasteiger partial charge >= 0.3 is 0 Å². The van der Waals surface area contributed by atoms with Crippen molar-refractivity contribution in [3.63, 3.8) is 0 Å². The molecule has 0 radical (unpaired) electrons. The van der Waals surface area contributed by atoms with E-state index in [9.17, 15) is 4.79 Å². The van der Waals surface area contributed by atoms with Crippen LogP contribution < -0.4 is 15.4 Å². The molecule has 8 heteroatoms. The van der Waals surface area contributed by atoms with Crippen LogP contribution in [0.15, 0.2) is 55.1 Å². The third kappa shape index (κ3) is 6.98. The van der Waals surface area contributed by atoms with Crippen molar-refractivity contribution in [2.45, 2.75) is 32.2 Å². The van der Waals surface area contributed by atoms with Crippen molar-refractivity contribution in [3.8, 4) is 17.0 Å². The fourth-order valence-electron chi connectivity index (χ4n) is 3.50. The lowest BCUT2D eigenvalue weighted by Gasteiger charge is -2.19. The average Bonchev–Trinajstić information content (AvgIpc) is 2.82. The first kappa shape index (κ1) is 24.1. The van der Waals surface area contributed by atoms with Gasteiger partial charge in [-0.15, -0.1) is 0 Å². The molecule has 0 bridgehead atoms. The fraction of sp³-hybridized carbons (Fsp3) is 0.360. The molecule has 8 nitrogen and oxygen atoms in total. The van der Waals surface area contributed by atoms with Crippen LogP contribution in [0.3, 0.4) is 0 Å². The second-order valence-corrected chi connectivity index (χ2v) is 8.12. The van der Waals surface area contributed by atoms with Gasteiger partial charge in [-0.2, -0.15) is 0 Å². The van der Waals surface area contributed by atoms with Gasteiger partial charge in [0.15, 0.2) is 0 Å². The summed E-state index contributed by atoms with van der Waals surface area (Å²) in [6.07, 6.45) is 10.3. The van der Waals surface area contributed by atoms with E-state index in [2.05, 4.69) is 33.6 Å². The first-order valence-electron chi connectivity index (χ1n) is 11.1. The van der Waals surface area contributed by atoms with Gasteiger partial charge in [-0.1, -0.05) is 31.9 Å². The summed E-state index contributed by atoms with van der Waals surface area (Å²) in [5.74, 6) is 1.15. The van der Waals surface area contributed by atoms with E-state index in [-0.39, 0.29) is 11.9 Å². The molecule has 0 aliphatic heterocycles. The summed E-state index contributed by atoms with van der Waals surface area (Å²) in [4.78, 5) is 27.4. The Hall–Kier alpha value is -3.52. The smallest absolute Gasteiger partial charge is 0.238 e. The van der Waals surface area contributed by atoms with Crippen LogP contribution in [-0.2, 0) is 4.79 Å². The highest BCUT2D eigenvalue weighted by Gasteiger charge is 2.14. The molecule has 2 N–H and O–H groups in total. The first-order valence-corrected chi connectivity index (χ1v) is 11.1. The molecule has 3 rings (SSSR count). The Morgan fingerprint density at radius 1 is 1.15 bits per heavy atom. The second-order valence-electron chi connectivity index (χ2n) is 8.12. The summed E-state index contributed by atoms with van der Waals surface area (Å²) >= 11 is 0. The molecule has 0 saturated heterocycles. The zero-order valence-corrected chi connectivity index (χ0v) is 19.7. The minimum Gasteiger partial charge on any atom is -0.495 e. The maximum Gasteiger partial charge on any atom is 0.238 e. The minimum absolute atomic E-state index is 0.104. The Balaban J connectivity index is 1.81. The molecule has 3 aromatic rings. The number of ether oxygens (including phenoxy) is 1. The van der Waals surface area contributed by atoms with Crippen LogP contribution in [0, 0.1) is 0 Å². The van der Waals surface area contributed by atoms with Gasteiger partial charge in [0.1, 0.15) is 11.6 Å². The standard InChI is InChI=1S/C25H32N6O2/c1-5-6-9-20(19-8-7-12-26-14-19)28-24-16-27-15-22(29-24)18-10-11-21(23(13-18)33-4)30-25(32)17-31(2)3/h7-8,10-16,20H,5-6,9,17H2,1-4H3,(H,28,29)(H,30,32)/t20-/m0/s1. The molecule has 0 unspecified atom stereocenters. The highest BCUT2D eigenvalue weighted by molar-refractivity contribution is 5.94. The largest absolute Gasteiger partial charge is 0.495 e. The van der Waals surface area contributed by atoms with Gasteiger partial charge in [0.05, 0.1) is 43.5 Å². The number of benzene rings is 1. The van der Waals surface area contributed by atoms with Crippen molar-refractivity contribution in [1.82, 2.24) is 19.9 Å². The maximum absolute atomic E-state index is 12.1. The Morgan fingerprint density at radius 3 is 2.70 bits per heavy atom. The number of anilines is 2. The SMILES string of the molecule is CCCC[C@H](Nc1cncc(-c2ccc(NC(=O)CN(C)C)c(OC)c2)n1)c1cccnc1. The number of hydrogen-bond acceptors (Lipinski definition) is 7. The first-order chi connectivity index (χ1) is 16.0. The van der Waals surface area contributed by atoms with Gasteiger partial charge in [-0.3, -0.25) is 14.8 Å². The maximum atomic E-state index is 12.1. The zero-order chi connectivity index (χ0) is 23.6. The van der Waals surface area contributed by atoms with Gasteiger partial charge < -0.3 is 20.3 Å². The molecule has 2 heterocycles. The van der Waals surface area contributed by atoms with Gasteiger partial charge in [-0.05, 0) is 44.3 Å². The van der Waals surface area contributed by atoms with Gasteiger partial charge in [0.2, 0.25) is 5.91 Å². The molecular weight excluding hydrogens is 416 g/mol. The minimum atomic E-state index is -0.106. The quantitative estimate of drug-likeness (QED) is 0.449. The molecule has 1 aromatic carbocycles. The molecule has 33 heavy (non-hydrogen) atoms. The summed E-state index contributed by atoms with van der Waals surface area (Å²) in [6.45, 7) is 2.47. The topological polar surface area (TPSA) is 92.3 Å². The number of carbonyl (C=O) groups is 1. The predicted octanol–water partition coefficient (Wildman–Crippen LogP) is 4.39. The fourth-order valence-corrected chi connectivity index (χ4v) is 3.50.